The van der Waals surface area contributed by atoms with Crippen LogP contribution in [0.3, 0.4) is 0 Å². The Morgan fingerprint density at radius 2 is 2.31 bits per heavy atom. The Hall–Kier alpha value is -1.85. The van der Waals surface area contributed by atoms with Gasteiger partial charge in [-0.15, -0.1) is 0 Å². The molecular formula is C10H16N4O2. The van der Waals surface area contributed by atoms with Crippen molar-refractivity contribution in [3.8, 4) is 0 Å². The summed E-state index contributed by atoms with van der Waals surface area (Å²) in [6.45, 7) is 3.55. The standard InChI is InChI=1S/C10H16N4O2/c1-7(14-8(2)15)10(16)12-4-3-9-5-11-6-13-9/h5-7H,3-4H2,1-2H3,(H,11,13)(H,12,16)(H,14,15)/t7-/m0/s1. The number of aromatic nitrogens is 2. The fourth-order valence-corrected chi connectivity index (χ4v) is 1.27. The predicted molar refractivity (Wildman–Crippen MR) is 58.6 cm³/mol. The van der Waals surface area contributed by atoms with Crippen LogP contribution in [0.2, 0.25) is 0 Å². The van der Waals surface area contributed by atoms with Gasteiger partial charge in [-0.05, 0) is 6.92 Å². The molecule has 0 bridgehead atoms. The van der Waals surface area contributed by atoms with Crippen LogP contribution in [0, 0.1) is 0 Å². The van der Waals surface area contributed by atoms with Gasteiger partial charge in [-0.2, -0.15) is 0 Å². The molecule has 0 aromatic carbocycles. The lowest BCUT2D eigenvalue weighted by molar-refractivity contribution is -0.127. The summed E-state index contributed by atoms with van der Waals surface area (Å²) in [7, 11) is 0. The van der Waals surface area contributed by atoms with E-state index in [1.165, 1.54) is 6.92 Å². The van der Waals surface area contributed by atoms with Gasteiger partial charge in [0.25, 0.3) is 0 Å². The van der Waals surface area contributed by atoms with E-state index in [2.05, 4.69) is 20.6 Å². The van der Waals surface area contributed by atoms with E-state index in [1.807, 2.05) is 0 Å². The quantitative estimate of drug-likeness (QED) is 0.635. The van der Waals surface area contributed by atoms with Crippen LogP contribution < -0.4 is 10.6 Å². The average Bonchev–Trinajstić information content (AvgIpc) is 2.69. The van der Waals surface area contributed by atoms with Crippen LogP contribution in [-0.2, 0) is 16.0 Å². The van der Waals surface area contributed by atoms with Crippen molar-refractivity contribution in [2.75, 3.05) is 6.54 Å². The summed E-state index contributed by atoms with van der Waals surface area (Å²) in [5, 5.41) is 5.24. The van der Waals surface area contributed by atoms with Crippen molar-refractivity contribution in [3.63, 3.8) is 0 Å². The molecule has 1 aromatic heterocycles. The lowest BCUT2D eigenvalue weighted by atomic mass is 10.3. The second-order valence-electron chi connectivity index (χ2n) is 3.54. The number of nitrogens with zero attached hydrogens (tertiary/aromatic N) is 1. The number of nitrogens with one attached hydrogen (secondary N) is 3. The van der Waals surface area contributed by atoms with Crippen molar-refractivity contribution in [1.82, 2.24) is 20.6 Å². The van der Waals surface area contributed by atoms with Gasteiger partial charge in [0, 0.05) is 31.8 Å². The topological polar surface area (TPSA) is 86.9 Å². The third-order valence-corrected chi connectivity index (χ3v) is 2.06. The van der Waals surface area contributed by atoms with Gasteiger partial charge in [-0.25, -0.2) is 4.98 Å². The molecule has 0 aliphatic heterocycles. The molecule has 1 heterocycles. The molecule has 2 amide bonds. The molecule has 1 aromatic rings. The molecule has 0 spiro atoms. The molecule has 0 saturated carbocycles. The van der Waals surface area contributed by atoms with Crippen LogP contribution in [0.15, 0.2) is 12.5 Å². The van der Waals surface area contributed by atoms with E-state index < -0.39 is 6.04 Å². The molecule has 0 aliphatic carbocycles. The largest absolute Gasteiger partial charge is 0.354 e. The first-order chi connectivity index (χ1) is 7.59. The zero-order chi connectivity index (χ0) is 12.0. The van der Waals surface area contributed by atoms with Crippen molar-refractivity contribution in [3.05, 3.63) is 18.2 Å². The number of rotatable bonds is 5. The minimum atomic E-state index is -0.501. The number of H-pyrrole nitrogens is 1. The Balaban J connectivity index is 2.22. The monoisotopic (exact) mass is 224 g/mol. The lowest BCUT2D eigenvalue weighted by Crippen LogP contribution is -2.44. The Labute approximate surface area is 93.8 Å². The summed E-state index contributed by atoms with van der Waals surface area (Å²) >= 11 is 0. The summed E-state index contributed by atoms with van der Waals surface area (Å²) in [4.78, 5) is 29.0. The minimum Gasteiger partial charge on any atom is -0.354 e. The smallest absolute Gasteiger partial charge is 0.242 e. The molecule has 1 atom stereocenters. The van der Waals surface area contributed by atoms with Crippen molar-refractivity contribution >= 4 is 11.8 Å². The second kappa shape index (κ2) is 5.89. The van der Waals surface area contributed by atoms with Crippen LogP contribution in [0.1, 0.15) is 19.5 Å². The van der Waals surface area contributed by atoms with Crippen molar-refractivity contribution in [2.24, 2.45) is 0 Å². The van der Waals surface area contributed by atoms with Crippen LogP contribution in [0.4, 0.5) is 0 Å². The SMILES string of the molecule is CC(=O)N[C@@H](C)C(=O)NCCc1cnc[nH]1. The highest BCUT2D eigenvalue weighted by atomic mass is 16.2. The van der Waals surface area contributed by atoms with Gasteiger partial charge in [0.2, 0.25) is 11.8 Å². The van der Waals surface area contributed by atoms with E-state index in [1.54, 1.807) is 19.4 Å². The van der Waals surface area contributed by atoms with Crippen LogP contribution in [0.5, 0.6) is 0 Å². The molecule has 6 nitrogen and oxygen atoms in total. The first kappa shape index (κ1) is 12.2. The maximum Gasteiger partial charge on any atom is 0.242 e. The molecule has 0 fully saturated rings. The number of hydrogen-bond acceptors (Lipinski definition) is 3. The normalized spacial score (nSPS) is 11.9. The number of hydrogen-bond donors (Lipinski definition) is 3. The molecule has 6 heteroatoms. The van der Waals surface area contributed by atoms with Crippen molar-refractivity contribution in [2.45, 2.75) is 26.3 Å². The van der Waals surface area contributed by atoms with Crippen LogP contribution >= 0.6 is 0 Å². The van der Waals surface area contributed by atoms with Gasteiger partial charge >= 0.3 is 0 Å². The van der Waals surface area contributed by atoms with Gasteiger partial charge in [0.1, 0.15) is 6.04 Å². The van der Waals surface area contributed by atoms with E-state index in [-0.39, 0.29) is 11.8 Å². The average molecular weight is 224 g/mol. The van der Waals surface area contributed by atoms with E-state index in [0.717, 1.165) is 5.69 Å². The summed E-state index contributed by atoms with van der Waals surface area (Å²) < 4.78 is 0. The summed E-state index contributed by atoms with van der Waals surface area (Å²) in [6, 6.07) is -0.501. The first-order valence-electron chi connectivity index (χ1n) is 5.11. The third-order valence-electron chi connectivity index (χ3n) is 2.06. The maximum absolute atomic E-state index is 11.5. The Morgan fingerprint density at radius 1 is 1.56 bits per heavy atom. The van der Waals surface area contributed by atoms with E-state index in [0.29, 0.717) is 13.0 Å². The number of carbonyl (C=O) groups is 2. The van der Waals surface area contributed by atoms with E-state index in [4.69, 9.17) is 0 Å². The maximum atomic E-state index is 11.5. The number of amides is 2. The van der Waals surface area contributed by atoms with Crippen LogP contribution in [0.25, 0.3) is 0 Å². The second-order valence-corrected chi connectivity index (χ2v) is 3.54. The highest BCUT2D eigenvalue weighted by Crippen LogP contribution is 1.91. The van der Waals surface area contributed by atoms with Crippen molar-refractivity contribution < 1.29 is 9.59 Å². The summed E-state index contributed by atoms with van der Waals surface area (Å²) in [6.07, 6.45) is 4.00. The molecule has 0 aliphatic rings. The Morgan fingerprint density at radius 3 is 2.88 bits per heavy atom. The fraction of sp³-hybridized carbons (Fsp3) is 0.500. The van der Waals surface area contributed by atoms with E-state index >= 15 is 0 Å². The molecular weight excluding hydrogens is 208 g/mol. The minimum absolute atomic E-state index is 0.185. The van der Waals surface area contributed by atoms with Gasteiger partial charge in [-0.3, -0.25) is 9.59 Å². The lowest BCUT2D eigenvalue weighted by Gasteiger charge is -2.12. The zero-order valence-corrected chi connectivity index (χ0v) is 9.41. The third kappa shape index (κ3) is 4.12. The summed E-state index contributed by atoms with van der Waals surface area (Å²) in [5.41, 5.74) is 0.965. The zero-order valence-electron chi connectivity index (χ0n) is 9.41. The predicted octanol–water partition coefficient (Wildman–Crippen LogP) is -0.407. The number of aromatic amines is 1. The molecule has 0 unspecified atom stereocenters. The summed E-state index contributed by atoms with van der Waals surface area (Å²) in [5.74, 6) is -0.397. The first-order valence-corrected chi connectivity index (χ1v) is 5.11. The van der Waals surface area contributed by atoms with Gasteiger partial charge < -0.3 is 15.6 Å². The molecule has 1 rings (SSSR count). The number of carbonyl (C=O) groups excluding carboxylic acids is 2. The molecule has 0 saturated heterocycles. The van der Waals surface area contributed by atoms with E-state index in [9.17, 15) is 9.59 Å². The highest BCUT2D eigenvalue weighted by Gasteiger charge is 2.12. The fourth-order valence-electron chi connectivity index (χ4n) is 1.27. The molecule has 0 radical (unpaired) electrons. The molecule has 16 heavy (non-hydrogen) atoms. The molecule has 88 valence electrons. The van der Waals surface area contributed by atoms with Crippen molar-refractivity contribution in [1.29, 1.82) is 0 Å². The van der Waals surface area contributed by atoms with Gasteiger partial charge in [-0.1, -0.05) is 0 Å². The highest BCUT2D eigenvalue weighted by molar-refractivity contribution is 5.86. The molecule has 3 N–H and O–H groups in total. The Kier molecular flexibility index (Phi) is 4.50. The van der Waals surface area contributed by atoms with Crippen LogP contribution in [-0.4, -0.2) is 34.4 Å². The Bertz CT molecular complexity index is 348. The van der Waals surface area contributed by atoms with Gasteiger partial charge in [0.05, 0.1) is 6.33 Å². The van der Waals surface area contributed by atoms with Gasteiger partial charge in [0.15, 0.2) is 0 Å². The number of imidazole rings is 1.